The number of aromatic amines is 1. The fraction of sp³-hybridized carbons (Fsp3) is 0.385. The molecule has 3 N–H and O–H groups in total. The molecule has 1 fully saturated rings. The minimum absolute atomic E-state index is 0.0284. The molecule has 1 saturated heterocycles. The number of carbonyl (C=O) groups is 1. The van der Waals surface area contributed by atoms with E-state index in [1.165, 1.54) is 17.5 Å². The highest BCUT2D eigenvalue weighted by atomic mass is 35.5. The molecule has 1 atom stereocenters. The zero-order valence-corrected chi connectivity index (χ0v) is 25.0. The maximum Gasteiger partial charge on any atom is 0.275 e. The lowest BCUT2D eigenvalue weighted by molar-refractivity contribution is 0.0831. The number of piperazine rings is 1. The minimum Gasteiger partial charge on any atom is -0.320 e. The van der Waals surface area contributed by atoms with Gasteiger partial charge in [0.05, 0.1) is 35.4 Å². The van der Waals surface area contributed by atoms with Crippen molar-refractivity contribution in [3.8, 4) is 11.1 Å². The number of hydrogen-bond acceptors (Lipinski definition) is 9. The van der Waals surface area contributed by atoms with Gasteiger partial charge in [0.2, 0.25) is 10.0 Å². The maximum absolute atomic E-state index is 13.3. The highest BCUT2D eigenvalue weighted by Crippen LogP contribution is 2.33. The van der Waals surface area contributed by atoms with Gasteiger partial charge in [-0.15, -0.1) is 11.3 Å². The molecule has 0 saturated carbocycles. The number of anilines is 2. The van der Waals surface area contributed by atoms with Gasteiger partial charge in [-0.1, -0.05) is 11.6 Å². The number of sulfonamides is 1. The van der Waals surface area contributed by atoms with Gasteiger partial charge < -0.3 is 5.32 Å². The minimum atomic E-state index is -3.56. The molecule has 11 nitrogen and oxygen atoms in total. The van der Waals surface area contributed by atoms with E-state index in [4.69, 9.17) is 11.6 Å². The summed E-state index contributed by atoms with van der Waals surface area (Å²) in [5.74, 6) is -0.326. The highest BCUT2D eigenvalue weighted by Gasteiger charge is 2.26. The van der Waals surface area contributed by atoms with Crippen LogP contribution in [0.25, 0.3) is 22.0 Å². The first-order valence-electron chi connectivity index (χ1n) is 12.8. The second kappa shape index (κ2) is 11.4. The number of fused-ring (bicyclic) bond motifs is 1. The number of nitrogens with zero attached hydrogens (tertiary/aromatic N) is 5. The zero-order valence-electron chi connectivity index (χ0n) is 22.6. The summed E-state index contributed by atoms with van der Waals surface area (Å²) in [6.45, 7) is 10.5. The predicted octanol–water partition coefficient (Wildman–Crippen LogP) is 4.45. The number of nitrogens with one attached hydrogen (secondary N) is 3. The maximum atomic E-state index is 13.3. The van der Waals surface area contributed by atoms with E-state index in [0.717, 1.165) is 42.8 Å². The number of amides is 1. The Bertz CT molecular complexity index is 1640. The Hall–Kier alpha value is -3.10. The quantitative estimate of drug-likeness (QED) is 0.252. The summed E-state index contributed by atoms with van der Waals surface area (Å²) >= 11 is 7.59. The number of rotatable bonds is 8. The molecular formula is C26H31ClN8O3S2. The third-order valence-corrected chi connectivity index (χ3v) is 8.92. The van der Waals surface area contributed by atoms with Crippen molar-refractivity contribution in [2.24, 2.45) is 0 Å². The summed E-state index contributed by atoms with van der Waals surface area (Å²) < 4.78 is 25.9. The van der Waals surface area contributed by atoms with Crippen molar-refractivity contribution < 1.29 is 13.2 Å². The van der Waals surface area contributed by atoms with Crippen molar-refractivity contribution in [3.05, 3.63) is 51.8 Å². The largest absolute Gasteiger partial charge is 0.320 e. The van der Waals surface area contributed by atoms with Crippen LogP contribution in [-0.4, -0.2) is 82.8 Å². The molecule has 1 aliphatic heterocycles. The first-order chi connectivity index (χ1) is 19.0. The van der Waals surface area contributed by atoms with Crippen LogP contribution in [0.5, 0.6) is 0 Å². The summed E-state index contributed by atoms with van der Waals surface area (Å²) in [6, 6.07) is 5.88. The van der Waals surface area contributed by atoms with Crippen LogP contribution in [0.4, 0.5) is 11.4 Å². The van der Waals surface area contributed by atoms with Gasteiger partial charge in [0.15, 0.2) is 5.15 Å². The molecule has 1 amide bonds. The average Bonchev–Trinajstić information content (AvgIpc) is 3.59. The Labute approximate surface area is 242 Å². The second-order valence-electron chi connectivity index (χ2n) is 10.2. The standard InChI is InChI=1S/C26H31ClN8O3S2/c1-15(2)34-5-7-35(8-6-34)16(3)26-31-23(14-39-26)25(36)30-20-9-17(10-21-19(20)13-29-32-21)18-11-22(24(27)28-12-18)33-40(4,37)38/h9-16,33H,5-8H2,1-4H3,(H,29,32)(H,30,36). The third-order valence-electron chi connectivity index (χ3n) is 7.01. The predicted molar refractivity (Wildman–Crippen MR) is 160 cm³/mol. The number of carbonyl (C=O) groups excluding carboxylic acids is 1. The first-order valence-corrected chi connectivity index (χ1v) is 16.0. The molecule has 0 radical (unpaired) electrons. The number of H-pyrrole nitrogens is 1. The molecule has 4 aromatic rings. The molecule has 3 aromatic heterocycles. The van der Waals surface area contributed by atoms with Crippen LogP contribution >= 0.6 is 22.9 Å². The normalized spacial score (nSPS) is 15.9. The number of aromatic nitrogens is 4. The van der Waals surface area contributed by atoms with Crippen LogP contribution < -0.4 is 10.0 Å². The molecule has 212 valence electrons. The van der Waals surface area contributed by atoms with Gasteiger partial charge >= 0.3 is 0 Å². The highest BCUT2D eigenvalue weighted by molar-refractivity contribution is 7.92. The van der Waals surface area contributed by atoms with Crippen molar-refractivity contribution in [2.75, 3.05) is 42.5 Å². The number of benzene rings is 1. The molecule has 0 spiro atoms. The van der Waals surface area contributed by atoms with E-state index in [2.05, 4.69) is 60.8 Å². The van der Waals surface area contributed by atoms with Gasteiger partial charge in [-0.2, -0.15) is 5.10 Å². The smallest absolute Gasteiger partial charge is 0.275 e. The van der Waals surface area contributed by atoms with Crippen LogP contribution in [-0.2, 0) is 10.0 Å². The molecule has 1 unspecified atom stereocenters. The number of halogens is 1. The van der Waals surface area contributed by atoms with E-state index in [-0.39, 0.29) is 22.8 Å². The Morgan fingerprint density at radius 3 is 2.45 bits per heavy atom. The van der Waals surface area contributed by atoms with Crippen LogP contribution in [0.3, 0.4) is 0 Å². The summed E-state index contributed by atoms with van der Waals surface area (Å²) in [5.41, 5.74) is 3.01. The summed E-state index contributed by atoms with van der Waals surface area (Å²) in [4.78, 5) is 27.0. The van der Waals surface area contributed by atoms with Gasteiger partial charge in [-0.3, -0.25) is 24.4 Å². The molecule has 1 aromatic carbocycles. The van der Waals surface area contributed by atoms with Gasteiger partial charge in [0, 0.05) is 54.7 Å². The summed E-state index contributed by atoms with van der Waals surface area (Å²) in [7, 11) is -3.56. The number of thiazole rings is 1. The Balaban J connectivity index is 1.36. The molecule has 14 heteroatoms. The molecule has 0 aliphatic carbocycles. The van der Waals surface area contributed by atoms with Gasteiger partial charge in [-0.05, 0) is 44.5 Å². The lowest BCUT2D eigenvalue weighted by atomic mass is 10.0. The van der Waals surface area contributed by atoms with Crippen LogP contribution in [0.15, 0.2) is 36.0 Å². The molecule has 40 heavy (non-hydrogen) atoms. The van der Waals surface area contributed by atoms with E-state index >= 15 is 0 Å². The van der Waals surface area contributed by atoms with Crippen molar-refractivity contribution in [1.29, 1.82) is 0 Å². The molecule has 1 aliphatic rings. The van der Waals surface area contributed by atoms with Crippen LogP contribution in [0.1, 0.15) is 42.3 Å². The van der Waals surface area contributed by atoms with E-state index in [9.17, 15) is 13.2 Å². The van der Waals surface area contributed by atoms with Crippen molar-refractivity contribution in [1.82, 2.24) is 30.0 Å². The second-order valence-corrected chi connectivity index (χ2v) is 13.2. The Kier molecular flexibility index (Phi) is 8.11. The number of pyridine rings is 1. The summed E-state index contributed by atoms with van der Waals surface area (Å²) in [5, 5.41) is 13.5. The monoisotopic (exact) mass is 602 g/mol. The van der Waals surface area contributed by atoms with E-state index in [1.54, 1.807) is 23.7 Å². The van der Waals surface area contributed by atoms with Crippen molar-refractivity contribution in [3.63, 3.8) is 0 Å². The molecule has 4 heterocycles. The summed E-state index contributed by atoms with van der Waals surface area (Å²) in [6.07, 6.45) is 4.21. The van der Waals surface area contributed by atoms with E-state index in [0.29, 0.717) is 34.1 Å². The van der Waals surface area contributed by atoms with Gasteiger partial charge in [0.1, 0.15) is 10.7 Å². The van der Waals surface area contributed by atoms with Crippen molar-refractivity contribution in [2.45, 2.75) is 32.9 Å². The fourth-order valence-electron chi connectivity index (χ4n) is 4.77. The molecule has 0 bridgehead atoms. The van der Waals surface area contributed by atoms with Gasteiger partial charge in [-0.25, -0.2) is 18.4 Å². The number of hydrogen-bond donors (Lipinski definition) is 3. The topological polar surface area (TPSA) is 136 Å². The molecule has 5 rings (SSSR count). The van der Waals surface area contributed by atoms with Crippen LogP contribution in [0, 0.1) is 0 Å². The molecular weight excluding hydrogens is 572 g/mol. The lowest BCUT2D eigenvalue weighted by Crippen LogP contribution is -2.49. The van der Waals surface area contributed by atoms with E-state index < -0.39 is 10.0 Å². The zero-order chi connectivity index (χ0) is 28.6. The lowest BCUT2D eigenvalue weighted by Gasteiger charge is -2.39. The Morgan fingerprint density at radius 2 is 1.75 bits per heavy atom. The van der Waals surface area contributed by atoms with Crippen molar-refractivity contribution >= 4 is 61.1 Å². The fourth-order valence-corrected chi connectivity index (χ4v) is 6.42. The third kappa shape index (κ3) is 6.28. The van der Waals surface area contributed by atoms with Gasteiger partial charge in [0.25, 0.3) is 5.91 Å². The Morgan fingerprint density at radius 1 is 1.05 bits per heavy atom. The first kappa shape index (κ1) is 28.4. The SMILES string of the molecule is CC(C)N1CCN(C(C)c2nc(C(=O)Nc3cc(-c4cnc(Cl)c(NS(C)(=O)=O)c4)cc4[nH]ncc34)cs2)CC1. The van der Waals surface area contributed by atoms with Crippen LogP contribution in [0.2, 0.25) is 5.15 Å². The average molecular weight is 603 g/mol. The van der Waals surface area contributed by atoms with E-state index in [1.807, 2.05) is 6.07 Å².